The van der Waals surface area contributed by atoms with Crippen LogP contribution < -0.4 is 10.1 Å². The van der Waals surface area contributed by atoms with Crippen LogP contribution in [0.2, 0.25) is 0 Å². The van der Waals surface area contributed by atoms with Gasteiger partial charge in [-0.05, 0) is 36.9 Å². The average molecular weight is 459 g/mol. The van der Waals surface area contributed by atoms with Crippen LogP contribution in [0.5, 0.6) is 5.88 Å². The van der Waals surface area contributed by atoms with Crippen molar-refractivity contribution in [1.82, 2.24) is 34.5 Å². The Morgan fingerprint density at radius 2 is 2.07 bits per heavy atom. The number of aromatic nitrogens is 7. The summed E-state index contributed by atoms with van der Waals surface area (Å²) in [5.41, 5.74) is 0.258. The highest BCUT2D eigenvalue weighted by molar-refractivity contribution is 7.99. The SMILES string of the molecule is COc1ccc(Sc2ccc(Sc3ncn[nH]3)nc2C(=O)Nc2nc(C)ns2)cn1. The van der Waals surface area contributed by atoms with E-state index in [1.807, 2.05) is 18.2 Å². The zero-order valence-electron chi connectivity index (χ0n) is 15.7. The van der Waals surface area contributed by atoms with Gasteiger partial charge in [0.2, 0.25) is 11.0 Å². The first-order chi connectivity index (χ1) is 14.6. The summed E-state index contributed by atoms with van der Waals surface area (Å²) < 4.78 is 9.17. The molecule has 4 aromatic heterocycles. The smallest absolute Gasteiger partial charge is 0.277 e. The van der Waals surface area contributed by atoms with Gasteiger partial charge in [-0.3, -0.25) is 15.2 Å². The summed E-state index contributed by atoms with van der Waals surface area (Å²) >= 11 is 3.76. The molecule has 4 rings (SSSR count). The number of carbonyl (C=O) groups is 1. The van der Waals surface area contributed by atoms with E-state index in [0.29, 0.717) is 31.9 Å². The highest BCUT2D eigenvalue weighted by atomic mass is 32.2. The largest absolute Gasteiger partial charge is 0.481 e. The van der Waals surface area contributed by atoms with Gasteiger partial charge in [-0.1, -0.05) is 11.8 Å². The number of hydrogen-bond acceptors (Lipinski definition) is 11. The van der Waals surface area contributed by atoms with Gasteiger partial charge in [0.25, 0.3) is 5.91 Å². The lowest BCUT2D eigenvalue weighted by atomic mass is 10.3. The lowest BCUT2D eigenvalue weighted by Crippen LogP contribution is -2.15. The van der Waals surface area contributed by atoms with Crippen LogP contribution in [-0.2, 0) is 0 Å². The summed E-state index contributed by atoms with van der Waals surface area (Å²) in [5, 5.41) is 10.9. The molecule has 0 atom stereocenters. The highest BCUT2D eigenvalue weighted by Gasteiger charge is 2.18. The number of anilines is 1. The van der Waals surface area contributed by atoms with E-state index in [1.54, 1.807) is 26.3 Å². The molecular weight excluding hydrogens is 444 g/mol. The number of aryl methyl sites for hydroxylation is 1. The van der Waals surface area contributed by atoms with Crippen molar-refractivity contribution in [2.24, 2.45) is 0 Å². The van der Waals surface area contributed by atoms with E-state index in [2.05, 4.69) is 39.8 Å². The molecule has 13 heteroatoms. The average Bonchev–Trinajstić information content (AvgIpc) is 3.41. The van der Waals surface area contributed by atoms with E-state index >= 15 is 0 Å². The molecule has 0 aromatic carbocycles. The third-order valence-corrected chi connectivity index (χ3v) is 6.11. The Morgan fingerprint density at radius 3 is 2.73 bits per heavy atom. The number of rotatable bonds is 7. The van der Waals surface area contributed by atoms with Gasteiger partial charge in [-0.2, -0.15) is 9.47 Å². The van der Waals surface area contributed by atoms with E-state index in [-0.39, 0.29) is 11.6 Å². The van der Waals surface area contributed by atoms with Crippen molar-refractivity contribution in [2.45, 2.75) is 26.9 Å². The van der Waals surface area contributed by atoms with Gasteiger partial charge in [0.15, 0.2) is 5.16 Å². The molecule has 152 valence electrons. The number of carbonyl (C=O) groups excluding carboxylic acids is 1. The van der Waals surface area contributed by atoms with Crippen molar-refractivity contribution >= 4 is 46.1 Å². The fourth-order valence-corrected chi connectivity index (χ4v) is 4.36. The fraction of sp³-hybridized carbons (Fsp3) is 0.118. The topological polar surface area (TPSA) is 131 Å². The molecule has 0 radical (unpaired) electrons. The van der Waals surface area contributed by atoms with Gasteiger partial charge in [0, 0.05) is 33.6 Å². The highest BCUT2D eigenvalue weighted by Crippen LogP contribution is 2.33. The summed E-state index contributed by atoms with van der Waals surface area (Å²) in [6, 6.07) is 7.27. The first-order valence-electron chi connectivity index (χ1n) is 8.44. The summed E-state index contributed by atoms with van der Waals surface area (Å²) in [6.07, 6.45) is 3.09. The van der Waals surface area contributed by atoms with Crippen molar-refractivity contribution in [3.05, 3.63) is 48.3 Å². The van der Waals surface area contributed by atoms with Crippen molar-refractivity contribution in [3.8, 4) is 5.88 Å². The van der Waals surface area contributed by atoms with Gasteiger partial charge >= 0.3 is 0 Å². The Labute approximate surface area is 183 Å². The third kappa shape index (κ3) is 4.93. The zero-order valence-corrected chi connectivity index (χ0v) is 18.1. The van der Waals surface area contributed by atoms with Crippen LogP contribution in [0, 0.1) is 6.92 Å². The molecule has 0 bridgehead atoms. The lowest BCUT2D eigenvalue weighted by Gasteiger charge is -2.10. The molecule has 0 fully saturated rings. The Kier molecular flexibility index (Phi) is 6.21. The number of H-pyrrole nitrogens is 1. The second-order valence-electron chi connectivity index (χ2n) is 5.63. The molecule has 0 aliphatic carbocycles. The molecular formula is C17H14N8O2S3. The Bertz CT molecular complexity index is 1150. The van der Waals surface area contributed by atoms with Crippen molar-refractivity contribution in [1.29, 1.82) is 0 Å². The van der Waals surface area contributed by atoms with Crippen LogP contribution in [-0.4, -0.2) is 47.5 Å². The summed E-state index contributed by atoms with van der Waals surface area (Å²) in [5.74, 6) is 0.729. The van der Waals surface area contributed by atoms with Gasteiger partial charge in [0.05, 0.1) is 7.11 Å². The minimum Gasteiger partial charge on any atom is -0.481 e. The normalized spacial score (nSPS) is 10.7. The summed E-state index contributed by atoms with van der Waals surface area (Å²) in [6.45, 7) is 1.76. The number of methoxy groups -OCH3 is 1. The predicted molar refractivity (Wildman–Crippen MR) is 112 cm³/mol. The van der Waals surface area contributed by atoms with Crippen LogP contribution in [0.25, 0.3) is 0 Å². The van der Waals surface area contributed by atoms with Crippen LogP contribution in [0.1, 0.15) is 16.3 Å². The van der Waals surface area contributed by atoms with Gasteiger partial charge < -0.3 is 4.74 Å². The molecule has 2 N–H and O–H groups in total. The van der Waals surface area contributed by atoms with Crippen LogP contribution in [0.15, 0.2) is 56.8 Å². The van der Waals surface area contributed by atoms with Gasteiger partial charge in [-0.15, -0.1) is 0 Å². The second-order valence-corrected chi connectivity index (χ2v) is 8.50. The standard InChI is InChI=1S/C17H14N8O2S3/c1-9-21-17(30-25-9)23-15(26)14-11(28-10-3-5-12(27-2)18-7-10)4-6-13(22-14)29-16-19-8-20-24-16/h3-8H,1-2H3,(H,19,20,24)(H,21,23,25,26). The minimum absolute atomic E-state index is 0.258. The summed E-state index contributed by atoms with van der Waals surface area (Å²) in [7, 11) is 1.56. The molecule has 1 amide bonds. The van der Waals surface area contributed by atoms with E-state index in [0.717, 1.165) is 16.4 Å². The maximum atomic E-state index is 13.0. The predicted octanol–water partition coefficient (Wildman–Crippen LogP) is 3.32. The van der Waals surface area contributed by atoms with Gasteiger partial charge in [0.1, 0.15) is 22.9 Å². The first kappa shape index (κ1) is 20.3. The first-order valence-corrected chi connectivity index (χ1v) is 10.8. The maximum Gasteiger partial charge on any atom is 0.277 e. The Balaban J connectivity index is 1.63. The molecule has 30 heavy (non-hydrogen) atoms. The molecule has 0 spiro atoms. The van der Waals surface area contributed by atoms with E-state index in [1.165, 1.54) is 29.9 Å². The number of nitrogens with one attached hydrogen (secondary N) is 2. The van der Waals surface area contributed by atoms with Crippen molar-refractivity contribution in [3.63, 3.8) is 0 Å². The number of amides is 1. The maximum absolute atomic E-state index is 13.0. The summed E-state index contributed by atoms with van der Waals surface area (Å²) in [4.78, 5) is 31.5. The lowest BCUT2D eigenvalue weighted by molar-refractivity contribution is 0.101. The molecule has 0 saturated heterocycles. The fourth-order valence-electron chi connectivity index (χ4n) is 2.25. The molecule has 4 aromatic rings. The molecule has 0 unspecified atom stereocenters. The van der Waals surface area contributed by atoms with Crippen molar-refractivity contribution in [2.75, 3.05) is 12.4 Å². The molecule has 0 aliphatic heterocycles. The number of pyridine rings is 2. The Morgan fingerprint density at radius 1 is 1.17 bits per heavy atom. The number of ether oxygens (including phenoxy) is 1. The molecule has 10 nitrogen and oxygen atoms in total. The quantitative estimate of drug-likeness (QED) is 0.425. The number of aromatic amines is 1. The third-order valence-electron chi connectivity index (χ3n) is 3.54. The van der Waals surface area contributed by atoms with E-state index < -0.39 is 0 Å². The Hall–Kier alpha value is -3.03. The van der Waals surface area contributed by atoms with Crippen molar-refractivity contribution < 1.29 is 9.53 Å². The van der Waals surface area contributed by atoms with Crippen LogP contribution in [0.4, 0.5) is 5.13 Å². The van der Waals surface area contributed by atoms with E-state index in [9.17, 15) is 4.79 Å². The van der Waals surface area contributed by atoms with Crippen LogP contribution in [0.3, 0.4) is 0 Å². The zero-order chi connectivity index (χ0) is 20.9. The minimum atomic E-state index is -0.379. The molecule has 0 saturated carbocycles. The van der Waals surface area contributed by atoms with Crippen LogP contribution >= 0.6 is 35.1 Å². The number of hydrogen-bond donors (Lipinski definition) is 2. The molecule has 4 heterocycles. The monoisotopic (exact) mass is 458 g/mol. The van der Waals surface area contributed by atoms with E-state index in [4.69, 9.17) is 4.74 Å². The number of nitrogens with zero attached hydrogens (tertiary/aromatic N) is 6. The second kappa shape index (κ2) is 9.19. The molecule has 0 aliphatic rings. The van der Waals surface area contributed by atoms with Gasteiger partial charge in [-0.25, -0.2) is 19.9 Å².